The molecule has 2 aromatic carbocycles. The average molecular weight is 290 g/mol. The SMILES string of the molecule is Cc1ccc(NC(=O)/C=C/c2c(F)cccc2Cl)cc1. The van der Waals surface area contributed by atoms with Crippen LogP contribution in [-0.2, 0) is 4.79 Å². The van der Waals surface area contributed by atoms with Gasteiger partial charge in [-0.05, 0) is 37.3 Å². The molecule has 0 fully saturated rings. The first kappa shape index (κ1) is 14.3. The molecule has 102 valence electrons. The van der Waals surface area contributed by atoms with Crippen LogP contribution in [0, 0.1) is 12.7 Å². The third kappa shape index (κ3) is 3.68. The van der Waals surface area contributed by atoms with Gasteiger partial charge >= 0.3 is 0 Å². The largest absolute Gasteiger partial charge is 0.323 e. The zero-order valence-electron chi connectivity index (χ0n) is 10.9. The Bertz CT molecular complexity index is 630. The Hall–Kier alpha value is -2.13. The van der Waals surface area contributed by atoms with Crippen LogP contribution in [0.4, 0.5) is 10.1 Å². The summed E-state index contributed by atoms with van der Waals surface area (Å²) in [7, 11) is 0. The van der Waals surface area contributed by atoms with Crippen LogP contribution in [0.3, 0.4) is 0 Å². The van der Waals surface area contributed by atoms with Crippen molar-refractivity contribution >= 4 is 29.3 Å². The highest BCUT2D eigenvalue weighted by atomic mass is 35.5. The molecular formula is C16H13ClFNO. The molecule has 0 aliphatic rings. The molecule has 0 heterocycles. The Labute approximate surface area is 121 Å². The summed E-state index contributed by atoms with van der Waals surface area (Å²) in [5, 5.41) is 2.95. The third-order valence-corrected chi connectivity index (χ3v) is 3.05. The summed E-state index contributed by atoms with van der Waals surface area (Å²) in [6.45, 7) is 1.96. The second kappa shape index (κ2) is 6.35. The van der Waals surface area contributed by atoms with Gasteiger partial charge in [0, 0.05) is 17.3 Å². The zero-order chi connectivity index (χ0) is 14.5. The molecule has 0 radical (unpaired) electrons. The maximum absolute atomic E-state index is 13.5. The normalized spacial score (nSPS) is 10.8. The summed E-state index contributed by atoms with van der Waals surface area (Å²) in [6, 6.07) is 11.8. The van der Waals surface area contributed by atoms with E-state index in [9.17, 15) is 9.18 Å². The zero-order valence-corrected chi connectivity index (χ0v) is 11.6. The topological polar surface area (TPSA) is 29.1 Å². The molecule has 2 aromatic rings. The number of anilines is 1. The van der Waals surface area contributed by atoms with Crippen molar-refractivity contribution in [1.29, 1.82) is 0 Å². The summed E-state index contributed by atoms with van der Waals surface area (Å²) in [5.41, 5.74) is 2.00. The fourth-order valence-electron chi connectivity index (χ4n) is 1.65. The molecule has 0 saturated heterocycles. The van der Waals surface area contributed by atoms with Gasteiger partial charge in [0.05, 0.1) is 5.02 Å². The Morgan fingerprint density at radius 2 is 1.90 bits per heavy atom. The van der Waals surface area contributed by atoms with Gasteiger partial charge in [-0.3, -0.25) is 4.79 Å². The monoisotopic (exact) mass is 289 g/mol. The molecular weight excluding hydrogens is 277 g/mol. The second-order valence-corrected chi connectivity index (χ2v) is 4.73. The number of carbonyl (C=O) groups is 1. The van der Waals surface area contributed by atoms with Crippen LogP contribution in [0.2, 0.25) is 5.02 Å². The Kier molecular flexibility index (Phi) is 4.53. The Morgan fingerprint density at radius 3 is 2.55 bits per heavy atom. The molecule has 0 saturated carbocycles. The molecule has 0 aliphatic carbocycles. The van der Waals surface area contributed by atoms with Crippen molar-refractivity contribution < 1.29 is 9.18 Å². The molecule has 0 spiro atoms. The maximum atomic E-state index is 13.5. The molecule has 0 unspecified atom stereocenters. The standard InChI is InChI=1S/C16H13ClFNO/c1-11-5-7-12(8-6-11)19-16(20)10-9-13-14(17)3-2-4-15(13)18/h2-10H,1H3,(H,19,20)/b10-9+. The van der Waals surface area contributed by atoms with E-state index in [2.05, 4.69) is 5.32 Å². The van der Waals surface area contributed by atoms with Crippen LogP contribution >= 0.6 is 11.6 Å². The van der Waals surface area contributed by atoms with Crippen molar-refractivity contribution in [2.75, 3.05) is 5.32 Å². The van der Waals surface area contributed by atoms with Gasteiger partial charge in [0.2, 0.25) is 5.91 Å². The molecule has 0 aliphatic heterocycles. The van der Waals surface area contributed by atoms with E-state index < -0.39 is 5.82 Å². The fourth-order valence-corrected chi connectivity index (χ4v) is 1.88. The molecule has 0 bridgehead atoms. The van der Waals surface area contributed by atoms with Crippen molar-refractivity contribution in [2.45, 2.75) is 6.92 Å². The lowest BCUT2D eigenvalue weighted by Gasteiger charge is -2.03. The summed E-state index contributed by atoms with van der Waals surface area (Å²) in [5.74, 6) is -0.801. The highest BCUT2D eigenvalue weighted by Gasteiger charge is 2.04. The molecule has 2 nitrogen and oxygen atoms in total. The summed E-state index contributed by atoms with van der Waals surface area (Å²) in [6.07, 6.45) is 2.62. The number of aryl methyl sites for hydroxylation is 1. The fraction of sp³-hybridized carbons (Fsp3) is 0.0625. The van der Waals surface area contributed by atoms with Gasteiger partial charge in [0.1, 0.15) is 5.82 Å². The lowest BCUT2D eigenvalue weighted by molar-refractivity contribution is -0.111. The van der Waals surface area contributed by atoms with E-state index in [1.807, 2.05) is 19.1 Å². The first-order valence-corrected chi connectivity index (χ1v) is 6.44. The smallest absolute Gasteiger partial charge is 0.248 e. The average Bonchev–Trinajstić information content (AvgIpc) is 2.41. The highest BCUT2D eigenvalue weighted by molar-refractivity contribution is 6.32. The Morgan fingerprint density at radius 1 is 1.20 bits per heavy atom. The first-order valence-electron chi connectivity index (χ1n) is 6.06. The number of hydrogen-bond donors (Lipinski definition) is 1. The summed E-state index contributed by atoms with van der Waals surface area (Å²) in [4.78, 5) is 11.7. The van der Waals surface area contributed by atoms with E-state index >= 15 is 0 Å². The number of rotatable bonds is 3. The molecule has 2 rings (SSSR count). The van der Waals surface area contributed by atoms with Crippen molar-refractivity contribution in [2.24, 2.45) is 0 Å². The minimum absolute atomic E-state index is 0.202. The predicted molar refractivity (Wildman–Crippen MR) is 80.3 cm³/mol. The number of nitrogens with one attached hydrogen (secondary N) is 1. The van der Waals surface area contributed by atoms with Crippen molar-refractivity contribution in [3.8, 4) is 0 Å². The van der Waals surface area contributed by atoms with Gasteiger partial charge in [-0.1, -0.05) is 35.4 Å². The summed E-state index contributed by atoms with van der Waals surface area (Å²) < 4.78 is 13.5. The van der Waals surface area contributed by atoms with Gasteiger partial charge in [0.25, 0.3) is 0 Å². The van der Waals surface area contributed by atoms with Crippen LogP contribution in [0.1, 0.15) is 11.1 Å². The first-order chi connectivity index (χ1) is 9.56. The minimum Gasteiger partial charge on any atom is -0.323 e. The number of amides is 1. The number of carbonyl (C=O) groups excluding carboxylic acids is 1. The molecule has 1 amide bonds. The number of benzene rings is 2. The minimum atomic E-state index is -0.461. The van der Waals surface area contributed by atoms with Crippen LogP contribution in [-0.4, -0.2) is 5.91 Å². The van der Waals surface area contributed by atoms with E-state index in [0.29, 0.717) is 5.69 Å². The van der Waals surface area contributed by atoms with Gasteiger partial charge in [-0.25, -0.2) is 4.39 Å². The van der Waals surface area contributed by atoms with Crippen LogP contribution in [0.25, 0.3) is 6.08 Å². The van der Waals surface area contributed by atoms with E-state index in [1.165, 1.54) is 24.3 Å². The van der Waals surface area contributed by atoms with Crippen LogP contribution in [0.15, 0.2) is 48.5 Å². The van der Waals surface area contributed by atoms with Gasteiger partial charge < -0.3 is 5.32 Å². The van der Waals surface area contributed by atoms with E-state index in [1.54, 1.807) is 18.2 Å². The van der Waals surface area contributed by atoms with Gasteiger partial charge in [-0.2, -0.15) is 0 Å². The highest BCUT2D eigenvalue weighted by Crippen LogP contribution is 2.20. The second-order valence-electron chi connectivity index (χ2n) is 4.32. The van der Waals surface area contributed by atoms with E-state index in [0.717, 1.165) is 5.56 Å². The lowest BCUT2D eigenvalue weighted by atomic mass is 10.2. The quantitative estimate of drug-likeness (QED) is 0.832. The number of hydrogen-bond acceptors (Lipinski definition) is 1. The van der Waals surface area contributed by atoms with Crippen molar-refractivity contribution in [1.82, 2.24) is 0 Å². The molecule has 4 heteroatoms. The molecule has 1 N–H and O–H groups in total. The van der Waals surface area contributed by atoms with E-state index in [-0.39, 0.29) is 16.5 Å². The van der Waals surface area contributed by atoms with Crippen molar-refractivity contribution in [3.05, 3.63) is 70.5 Å². The Balaban J connectivity index is 2.08. The van der Waals surface area contributed by atoms with Crippen LogP contribution in [0.5, 0.6) is 0 Å². The molecule has 20 heavy (non-hydrogen) atoms. The lowest BCUT2D eigenvalue weighted by Crippen LogP contribution is -2.07. The predicted octanol–water partition coefficient (Wildman–Crippen LogP) is 4.44. The van der Waals surface area contributed by atoms with Crippen LogP contribution < -0.4 is 5.32 Å². The van der Waals surface area contributed by atoms with Gasteiger partial charge in [0.15, 0.2) is 0 Å². The van der Waals surface area contributed by atoms with Crippen molar-refractivity contribution in [3.63, 3.8) is 0 Å². The summed E-state index contributed by atoms with van der Waals surface area (Å²) >= 11 is 5.87. The van der Waals surface area contributed by atoms with E-state index in [4.69, 9.17) is 11.6 Å². The third-order valence-electron chi connectivity index (χ3n) is 2.72. The maximum Gasteiger partial charge on any atom is 0.248 e. The van der Waals surface area contributed by atoms with Gasteiger partial charge in [-0.15, -0.1) is 0 Å². The number of halogens is 2. The molecule has 0 aromatic heterocycles. The molecule has 0 atom stereocenters.